The number of carbonyl (C=O) groups is 1. The van der Waals surface area contributed by atoms with Crippen LogP contribution in [0, 0.1) is 6.92 Å². The maximum absolute atomic E-state index is 12.2. The number of nitrogens with zero attached hydrogens (tertiary/aromatic N) is 3. The van der Waals surface area contributed by atoms with E-state index in [2.05, 4.69) is 15.5 Å². The van der Waals surface area contributed by atoms with Gasteiger partial charge in [0.05, 0.1) is 16.5 Å². The van der Waals surface area contributed by atoms with Crippen LogP contribution in [-0.2, 0) is 11.8 Å². The number of hydrogen-bond acceptors (Lipinski definition) is 5. The second kappa shape index (κ2) is 9.52. The van der Waals surface area contributed by atoms with E-state index in [9.17, 15) is 4.79 Å². The van der Waals surface area contributed by atoms with E-state index in [1.165, 1.54) is 11.8 Å². The molecule has 0 saturated carbocycles. The molecule has 0 spiro atoms. The molecule has 0 aliphatic rings. The molecule has 0 radical (unpaired) electrons. The fourth-order valence-corrected chi connectivity index (χ4v) is 3.65. The zero-order chi connectivity index (χ0) is 21.0. The third-order valence-electron chi connectivity index (χ3n) is 4.15. The molecule has 0 bridgehead atoms. The van der Waals surface area contributed by atoms with Gasteiger partial charge in [-0.05, 0) is 49.7 Å². The van der Waals surface area contributed by atoms with Crippen molar-refractivity contribution >= 4 is 46.6 Å². The van der Waals surface area contributed by atoms with Crippen LogP contribution in [-0.4, -0.2) is 26.4 Å². The Hall–Kier alpha value is -2.22. The predicted octanol–water partition coefficient (Wildman–Crippen LogP) is 5.30. The van der Waals surface area contributed by atoms with Crippen LogP contribution in [0.1, 0.15) is 24.4 Å². The van der Waals surface area contributed by atoms with Crippen LogP contribution in [0.3, 0.4) is 0 Å². The quantitative estimate of drug-likeness (QED) is 0.494. The zero-order valence-electron chi connectivity index (χ0n) is 16.1. The van der Waals surface area contributed by atoms with E-state index in [4.69, 9.17) is 27.9 Å². The fourth-order valence-electron chi connectivity index (χ4n) is 2.63. The molecular weight excluding hydrogens is 431 g/mol. The van der Waals surface area contributed by atoms with Crippen LogP contribution < -0.4 is 10.1 Å². The summed E-state index contributed by atoms with van der Waals surface area (Å²) in [7, 11) is 1.84. The Morgan fingerprint density at radius 2 is 1.97 bits per heavy atom. The molecule has 1 aromatic heterocycles. The molecule has 0 aliphatic carbocycles. The number of rotatable bonds is 7. The first kappa shape index (κ1) is 21.5. The van der Waals surface area contributed by atoms with Crippen LogP contribution in [0.15, 0.2) is 47.6 Å². The molecule has 1 amide bonds. The molecule has 152 valence electrons. The summed E-state index contributed by atoms with van der Waals surface area (Å²) in [5.41, 5.74) is 1.52. The highest BCUT2D eigenvalue weighted by molar-refractivity contribution is 7.99. The first-order chi connectivity index (χ1) is 13.8. The van der Waals surface area contributed by atoms with Crippen LogP contribution in [0.25, 0.3) is 0 Å². The van der Waals surface area contributed by atoms with E-state index in [1.807, 2.05) is 49.7 Å². The van der Waals surface area contributed by atoms with E-state index in [0.717, 1.165) is 5.56 Å². The summed E-state index contributed by atoms with van der Waals surface area (Å²) < 4.78 is 7.78. The van der Waals surface area contributed by atoms with E-state index in [1.54, 1.807) is 18.2 Å². The number of amides is 1. The van der Waals surface area contributed by atoms with Gasteiger partial charge in [-0.15, -0.1) is 10.2 Å². The topological polar surface area (TPSA) is 69.0 Å². The van der Waals surface area contributed by atoms with Gasteiger partial charge in [0.1, 0.15) is 5.75 Å². The minimum atomic E-state index is -0.320. The lowest BCUT2D eigenvalue weighted by atomic mass is 10.2. The third kappa shape index (κ3) is 5.44. The largest absolute Gasteiger partial charge is 0.483 e. The van der Waals surface area contributed by atoms with Crippen molar-refractivity contribution in [3.63, 3.8) is 0 Å². The lowest BCUT2D eigenvalue weighted by Crippen LogP contribution is -2.15. The zero-order valence-corrected chi connectivity index (χ0v) is 18.5. The Labute approximate surface area is 183 Å². The summed E-state index contributed by atoms with van der Waals surface area (Å²) in [6.45, 7) is 3.82. The first-order valence-electron chi connectivity index (χ1n) is 8.84. The lowest BCUT2D eigenvalue weighted by molar-refractivity contribution is -0.113. The number of ether oxygens (including phenoxy) is 1. The molecule has 1 unspecified atom stereocenters. The average Bonchev–Trinajstić information content (AvgIpc) is 3.05. The second-order valence-corrected chi connectivity index (χ2v) is 8.14. The Morgan fingerprint density at radius 1 is 1.21 bits per heavy atom. The summed E-state index contributed by atoms with van der Waals surface area (Å²) in [6.07, 6.45) is -0.320. The average molecular weight is 451 g/mol. The molecule has 29 heavy (non-hydrogen) atoms. The Balaban J connectivity index is 1.60. The second-order valence-electron chi connectivity index (χ2n) is 6.39. The summed E-state index contributed by atoms with van der Waals surface area (Å²) in [4.78, 5) is 12.2. The minimum Gasteiger partial charge on any atom is -0.483 e. The van der Waals surface area contributed by atoms with E-state index < -0.39 is 0 Å². The van der Waals surface area contributed by atoms with Crippen LogP contribution in [0.2, 0.25) is 10.0 Å². The molecule has 6 nitrogen and oxygen atoms in total. The molecule has 0 saturated heterocycles. The number of para-hydroxylation sites is 1. The molecule has 3 rings (SSSR count). The first-order valence-corrected chi connectivity index (χ1v) is 10.6. The molecule has 0 aliphatic heterocycles. The van der Waals surface area contributed by atoms with Gasteiger partial charge in [0.15, 0.2) is 17.1 Å². The fraction of sp³-hybridized carbons (Fsp3) is 0.250. The number of benzene rings is 2. The smallest absolute Gasteiger partial charge is 0.234 e. The van der Waals surface area contributed by atoms with Crippen molar-refractivity contribution in [1.29, 1.82) is 0 Å². The number of aromatic nitrogens is 3. The van der Waals surface area contributed by atoms with Crippen LogP contribution >= 0.6 is 35.0 Å². The summed E-state index contributed by atoms with van der Waals surface area (Å²) in [5.74, 6) is 1.37. The number of hydrogen-bond donors (Lipinski definition) is 1. The van der Waals surface area contributed by atoms with Crippen molar-refractivity contribution in [1.82, 2.24) is 14.8 Å². The van der Waals surface area contributed by atoms with E-state index in [-0.39, 0.29) is 17.8 Å². The summed E-state index contributed by atoms with van der Waals surface area (Å²) in [6, 6.07) is 12.6. The van der Waals surface area contributed by atoms with Gasteiger partial charge in [-0.2, -0.15) is 0 Å². The van der Waals surface area contributed by atoms with Gasteiger partial charge in [-0.25, -0.2) is 0 Å². The predicted molar refractivity (Wildman–Crippen MR) is 117 cm³/mol. The molecule has 3 aromatic rings. The van der Waals surface area contributed by atoms with Gasteiger partial charge in [-0.3, -0.25) is 4.79 Å². The Kier molecular flexibility index (Phi) is 7.05. The molecular formula is C20H20Cl2N4O2S. The van der Waals surface area contributed by atoms with Gasteiger partial charge < -0.3 is 14.6 Å². The highest BCUT2D eigenvalue weighted by Crippen LogP contribution is 2.27. The third-order valence-corrected chi connectivity index (χ3v) is 5.93. The van der Waals surface area contributed by atoms with Crippen molar-refractivity contribution in [3.8, 4) is 5.75 Å². The van der Waals surface area contributed by atoms with Crippen molar-refractivity contribution in [2.75, 3.05) is 11.1 Å². The van der Waals surface area contributed by atoms with Gasteiger partial charge in [-0.1, -0.05) is 47.1 Å². The molecule has 0 fully saturated rings. The number of nitrogens with one attached hydrogen (secondary N) is 1. The Morgan fingerprint density at radius 3 is 2.69 bits per heavy atom. The molecule has 2 aromatic carbocycles. The van der Waals surface area contributed by atoms with Gasteiger partial charge in [0, 0.05) is 12.1 Å². The highest BCUT2D eigenvalue weighted by atomic mass is 35.5. The van der Waals surface area contributed by atoms with Crippen LogP contribution in [0.5, 0.6) is 5.75 Å². The molecule has 1 N–H and O–H groups in total. The Bertz CT molecular complexity index is 1030. The van der Waals surface area contributed by atoms with Crippen molar-refractivity contribution < 1.29 is 9.53 Å². The maximum Gasteiger partial charge on any atom is 0.234 e. The lowest BCUT2D eigenvalue weighted by Gasteiger charge is -2.15. The summed E-state index contributed by atoms with van der Waals surface area (Å²) >= 11 is 13.4. The van der Waals surface area contributed by atoms with Gasteiger partial charge >= 0.3 is 0 Å². The molecule has 1 heterocycles. The maximum atomic E-state index is 12.2. The van der Waals surface area contributed by atoms with E-state index >= 15 is 0 Å². The summed E-state index contributed by atoms with van der Waals surface area (Å²) in [5, 5.41) is 13.0. The monoisotopic (exact) mass is 450 g/mol. The number of halogens is 2. The van der Waals surface area contributed by atoms with Crippen LogP contribution in [0.4, 0.5) is 5.69 Å². The van der Waals surface area contributed by atoms with E-state index in [0.29, 0.717) is 32.5 Å². The van der Waals surface area contributed by atoms with Gasteiger partial charge in [0.2, 0.25) is 5.91 Å². The van der Waals surface area contributed by atoms with Gasteiger partial charge in [0.25, 0.3) is 0 Å². The normalized spacial score (nSPS) is 11.9. The minimum absolute atomic E-state index is 0.173. The number of aryl methyl sites for hydroxylation is 1. The number of carbonyl (C=O) groups excluding carboxylic acids is 1. The van der Waals surface area contributed by atoms with Crippen molar-refractivity contribution in [2.45, 2.75) is 25.1 Å². The molecule has 1 atom stereocenters. The van der Waals surface area contributed by atoms with Crippen molar-refractivity contribution in [3.05, 3.63) is 63.9 Å². The number of thioether (sulfide) groups is 1. The molecule has 9 heteroatoms. The van der Waals surface area contributed by atoms with Crippen molar-refractivity contribution in [2.24, 2.45) is 7.05 Å². The standard InChI is InChI=1S/C20H20Cl2N4O2S/c1-12-10-14(8-9-15(12)21)28-13(2)19-24-25-20(26(19)3)29-11-18(27)23-17-7-5-4-6-16(17)22/h4-10,13H,11H2,1-3H3,(H,23,27). The number of anilines is 1. The SMILES string of the molecule is Cc1cc(OC(C)c2nnc(SCC(=O)Nc3ccccc3Cl)n2C)ccc1Cl. The highest BCUT2D eigenvalue weighted by Gasteiger charge is 2.18.